The maximum absolute atomic E-state index is 13.5. The van der Waals surface area contributed by atoms with Gasteiger partial charge in [0.05, 0.1) is 27.9 Å². The lowest BCUT2D eigenvalue weighted by Gasteiger charge is -2.18. The Morgan fingerprint density at radius 2 is 1.78 bits per heavy atom. The Kier molecular flexibility index (Phi) is 6.95. The van der Waals surface area contributed by atoms with Crippen molar-refractivity contribution in [3.8, 4) is 0 Å². The Balaban J connectivity index is 1.38. The Bertz CT molecular complexity index is 1470. The van der Waals surface area contributed by atoms with Crippen molar-refractivity contribution in [2.24, 2.45) is 0 Å². The standard InChI is InChI=1S/C25H22ClF3N4O3S/c26-17-5-4-16(19(13-17)25(27,28)29)14-33-20-6-3-15(11-18(20)22(34)30-33)12-21-23(35)32(24(36)37-21)10-9-31-7-1-2-8-31/h3-6,11-13H,1-2,7-10,14H2,(H,30,34)/b21-12-. The topological polar surface area (TPSA) is 78.4 Å². The summed E-state index contributed by atoms with van der Waals surface area (Å²) in [5, 5.41) is 2.47. The molecule has 0 spiro atoms. The van der Waals surface area contributed by atoms with E-state index >= 15 is 0 Å². The van der Waals surface area contributed by atoms with Crippen LogP contribution in [0.25, 0.3) is 17.0 Å². The minimum Gasteiger partial charge on any atom is -0.302 e. The molecule has 3 heterocycles. The molecule has 2 aromatic carbocycles. The van der Waals surface area contributed by atoms with Gasteiger partial charge in [-0.25, -0.2) is 0 Å². The average Bonchev–Trinajstić information content (AvgIpc) is 3.53. The molecule has 3 aromatic rings. The lowest BCUT2D eigenvalue weighted by atomic mass is 10.1. The number of likely N-dealkylation sites (tertiary alicyclic amines) is 1. The Labute approximate surface area is 218 Å². The van der Waals surface area contributed by atoms with Crippen molar-refractivity contribution in [2.75, 3.05) is 26.2 Å². The van der Waals surface area contributed by atoms with Crippen molar-refractivity contribution in [1.29, 1.82) is 0 Å². The van der Waals surface area contributed by atoms with Crippen LogP contribution >= 0.6 is 23.4 Å². The zero-order chi connectivity index (χ0) is 26.3. The van der Waals surface area contributed by atoms with Crippen LogP contribution in [0, 0.1) is 0 Å². The maximum atomic E-state index is 13.5. The van der Waals surface area contributed by atoms with Crippen molar-refractivity contribution in [1.82, 2.24) is 19.6 Å². The number of halogens is 4. The fourth-order valence-electron chi connectivity index (χ4n) is 4.64. The number of hydrogen-bond donors (Lipinski definition) is 1. The summed E-state index contributed by atoms with van der Waals surface area (Å²) in [6.07, 6.45) is -0.811. The first-order chi connectivity index (χ1) is 17.6. The van der Waals surface area contributed by atoms with E-state index in [4.69, 9.17) is 11.6 Å². The predicted molar refractivity (Wildman–Crippen MR) is 136 cm³/mol. The van der Waals surface area contributed by atoms with Crippen molar-refractivity contribution in [3.63, 3.8) is 0 Å². The smallest absolute Gasteiger partial charge is 0.302 e. The average molecular weight is 551 g/mol. The van der Waals surface area contributed by atoms with Crippen molar-refractivity contribution >= 4 is 51.5 Å². The molecule has 0 aliphatic carbocycles. The molecule has 2 aliphatic heterocycles. The van der Waals surface area contributed by atoms with Gasteiger partial charge in [-0.1, -0.05) is 23.7 Å². The fraction of sp³-hybridized carbons (Fsp3) is 0.320. The van der Waals surface area contributed by atoms with E-state index in [1.54, 1.807) is 24.3 Å². The van der Waals surface area contributed by atoms with Crippen molar-refractivity contribution in [2.45, 2.75) is 25.6 Å². The quantitative estimate of drug-likeness (QED) is 0.428. The first-order valence-corrected chi connectivity index (χ1v) is 12.9. The van der Waals surface area contributed by atoms with E-state index in [2.05, 4.69) is 10.00 Å². The van der Waals surface area contributed by atoms with Crippen LogP contribution in [0.2, 0.25) is 5.02 Å². The van der Waals surface area contributed by atoms with Gasteiger partial charge in [-0.2, -0.15) is 13.2 Å². The molecule has 0 unspecified atom stereocenters. The summed E-state index contributed by atoms with van der Waals surface area (Å²) in [6.45, 7) is 2.68. The van der Waals surface area contributed by atoms with Gasteiger partial charge in [-0.05, 0) is 79.2 Å². The van der Waals surface area contributed by atoms with Gasteiger partial charge in [0.15, 0.2) is 0 Å². The summed E-state index contributed by atoms with van der Waals surface area (Å²) in [5.74, 6) is -0.372. The van der Waals surface area contributed by atoms with E-state index in [-0.39, 0.29) is 38.6 Å². The Hall–Kier alpha value is -3.02. The van der Waals surface area contributed by atoms with E-state index < -0.39 is 17.3 Å². The number of hydrogen-bond acceptors (Lipinski definition) is 5. The van der Waals surface area contributed by atoms with Crippen LogP contribution in [0.5, 0.6) is 0 Å². The number of fused-ring (bicyclic) bond motifs is 1. The lowest BCUT2D eigenvalue weighted by molar-refractivity contribution is -0.138. The number of alkyl halides is 3. The molecule has 2 fully saturated rings. The molecule has 194 valence electrons. The number of nitrogens with one attached hydrogen (secondary N) is 1. The summed E-state index contributed by atoms with van der Waals surface area (Å²) in [4.78, 5) is 41.6. The molecular weight excluding hydrogens is 529 g/mol. The number of benzene rings is 2. The number of imide groups is 1. The second-order valence-electron chi connectivity index (χ2n) is 8.98. The highest BCUT2D eigenvalue weighted by Crippen LogP contribution is 2.35. The van der Waals surface area contributed by atoms with E-state index in [0.717, 1.165) is 43.8 Å². The van der Waals surface area contributed by atoms with Gasteiger partial charge in [-0.15, -0.1) is 0 Å². The highest BCUT2D eigenvalue weighted by Gasteiger charge is 2.35. The normalized spacial score (nSPS) is 18.2. The molecule has 2 saturated heterocycles. The SMILES string of the molecule is O=C1S/C(=C\c2ccc3c(c2)c(=O)[nH]n3Cc2ccc(Cl)cc2C(F)(F)F)C(=O)N1CCN1CCCC1. The van der Waals surface area contributed by atoms with E-state index in [1.165, 1.54) is 21.7 Å². The van der Waals surface area contributed by atoms with Gasteiger partial charge < -0.3 is 4.90 Å². The van der Waals surface area contributed by atoms with Gasteiger partial charge >= 0.3 is 6.18 Å². The molecule has 2 amide bonds. The van der Waals surface area contributed by atoms with Crippen molar-refractivity contribution in [3.05, 3.63) is 73.4 Å². The number of aromatic nitrogens is 2. The van der Waals surface area contributed by atoms with Crippen LogP contribution in [0.15, 0.2) is 46.1 Å². The Morgan fingerprint density at radius 1 is 1.03 bits per heavy atom. The number of thioether (sulfide) groups is 1. The largest absolute Gasteiger partial charge is 0.416 e. The zero-order valence-electron chi connectivity index (χ0n) is 19.5. The molecule has 0 bridgehead atoms. The van der Waals surface area contributed by atoms with Gasteiger partial charge in [0.1, 0.15) is 0 Å². The highest BCUT2D eigenvalue weighted by molar-refractivity contribution is 8.18. The molecule has 12 heteroatoms. The van der Waals surface area contributed by atoms with Gasteiger partial charge in [0.2, 0.25) is 0 Å². The minimum absolute atomic E-state index is 0.0352. The molecule has 1 aromatic heterocycles. The third-order valence-corrected chi connectivity index (χ3v) is 7.65. The fourth-order valence-corrected chi connectivity index (χ4v) is 5.68. The molecule has 2 aliphatic rings. The summed E-state index contributed by atoms with van der Waals surface area (Å²) >= 11 is 6.62. The molecule has 0 radical (unpaired) electrons. The second kappa shape index (κ2) is 10.0. The summed E-state index contributed by atoms with van der Waals surface area (Å²) in [7, 11) is 0. The Morgan fingerprint density at radius 3 is 2.51 bits per heavy atom. The third kappa shape index (κ3) is 5.34. The number of nitrogens with zero attached hydrogens (tertiary/aromatic N) is 3. The molecule has 37 heavy (non-hydrogen) atoms. The molecule has 7 nitrogen and oxygen atoms in total. The van der Waals surface area contributed by atoms with E-state index in [1.807, 2.05) is 0 Å². The highest BCUT2D eigenvalue weighted by atomic mass is 35.5. The third-order valence-electron chi connectivity index (χ3n) is 6.51. The maximum Gasteiger partial charge on any atom is 0.416 e. The summed E-state index contributed by atoms with van der Waals surface area (Å²) in [6, 6.07) is 8.30. The molecule has 0 saturated carbocycles. The zero-order valence-corrected chi connectivity index (χ0v) is 21.1. The van der Waals surface area contributed by atoms with Crippen LogP contribution in [-0.2, 0) is 17.5 Å². The number of aromatic amines is 1. The second-order valence-corrected chi connectivity index (χ2v) is 10.4. The number of H-pyrrole nitrogens is 1. The first kappa shape index (κ1) is 25.6. The number of carbonyl (C=O) groups is 2. The van der Waals surface area contributed by atoms with Crippen LogP contribution < -0.4 is 5.56 Å². The summed E-state index contributed by atoms with van der Waals surface area (Å²) < 4.78 is 41.9. The van der Waals surface area contributed by atoms with E-state index in [0.29, 0.717) is 24.2 Å². The number of rotatable bonds is 6. The summed E-state index contributed by atoms with van der Waals surface area (Å²) in [5.41, 5.74) is -0.463. The van der Waals surface area contributed by atoms with Gasteiger partial charge in [-0.3, -0.25) is 29.1 Å². The van der Waals surface area contributed by atoms with Gasteiger partial charge in [0.25, 0.3) is 16.7 Å². The molecule has 1 N–H and O–H groups in total. The lowest BCUT2D eigenvalue weighted by Crippen LogP contribution is -2.36. The van der Waals surface area contributed by atoms with Crippen molar-refractivity contribution < 1.29 is 22.8 Å². The number of carbonyl (C=O) groups excluding carboxylic acids is 2. The van der Waals surface area contributed by atoms with Crippen LogP contribution in [0.1, 0.15) is 29.5 Å². The van der Waals surface area contributed by atoms with Crippen LogP contribution in [0.3, 0.4) is 0 Å². The van der Waals surface area contributed by atoms with Gasteiger partial charge in [0, 0.05) is 18.1 Å². The molecular formula is C25H22ClF3N4O3S. The molecule has 5 rings (SSSR count). The molecule has 0 atom stereocenters. The minimum atomic E-state index is -4.60. The van der Waals surface area contributed by atoms with E-state index in [9.17, 15) is 27.6 Å². The number of amides is 2. The monoisotopic (exact) mass is 550 g/mol. The first-order valence-electron chi connectivity index (χ1n) is 11.7. The van der Waals surface area contributed by atoms with Crippen LogP contribution in [0.4, 0.5) is 18.0 Å². The predicted octanol–water partition coefficient (Wildman–Crippen LogP) is 5.18. The van der Waals surface area contributed by atoms with Crippen LogP contribution in [-0.4, -0.2) is 56.9 Å².